The summed E-state index contributed by atoms with van der Waals surface area (Å²) in [7, 11) is 0. The lowest BCUT2D eigenvalue weighted by atomic mass is 10.00. The van der Waals surface area contributed by atoms with Crippen LogP contribution in [0, 0.1) is 19.5 Å². The molecule has 0 saturated carbocycles. The first kappa shape index (κ1) is 15.6. The third-order valence-electron chi connectivity index (χ3n) is 2.30. The predicted octanol–water partition coefficient (Wildman–Crippen LogP) is 3.00. The van der Waals surface area contributed by atoms with Crippen molar-refractivity contribution in [1.29, 1.82) is 0 Å². The van der Waals surface area contributed by atoms with Crippen LogP contribution in [0.5, 0.6) is 0 Å². The number of aliphatic carboxylic acids is 1. The molecule has 1 aromatic rings. The third kappa shape index (κ3) is 4.30. The smallest absolute Gasteiger partial charge is 0.305 e. The van der Waals surface area contributed by atoms with E-state index in [4.69, 9.17) is 5.11 Å². The third-order valence-corrected chi connectivity index (χ3v) is 3.13. The summed E-state index contributed by atoms with van der Waals surface area (Å²) in [5.41, 5.74) is -1.26. The molecule has 0 spiro atoms. The molecule has 0 saturated heterocycles. The van der Waals surface area contributed by atoms with E-state index in [9.17, 15) is 19.3 Å². The van der Waals surface area contributed by atoms with Gasteiger partial charge in [0.2, 0.25) is 0 Å². The number of halogens is 2. The lowest BCUT2D eigenvalue weighted by molar-refractivity contribution is -0.384. The van der Waals surface area contributed by atoms with Crippen molar-refractivity contribution < 1.29 is 19.2 Å². The van der Waals surface area contributed by atoms with Gasteiger partial charge in [-0.1, -0.05) is 0 Å². The molecule has 0 aromatic heterocycles. The molecule has 19 heavy (non-hydrogen) atoms. The molecule has 0 fully saturated rings. The summed E-state index contributed by atoms with van der Waals surface area (Å²) in [6, 6.07) is 2.11. The summed E-state index contributed by atoms with van der Waals surface area (Å²) < 4.78 is 13.6. The molecular formula is C11H12FIN2O4. The minimum atomic E-state index is -1.05. The van der Waals surface area contributed by atoms with Gasteiger partial charge in [-0.2, -0.15) is 0 Å². The van der Waals surface area contributed by atoms with Crippen molar-refractivity contribution in [1.82, 2.24) is 0 Å². The van der Waals surface area contributed by atoms with Crippen LogP contribution in [0.15, 0.2) is 12.1 Å². The second kappa shape index (κ2) is 5.68. The Balaban J connectivity index is 3.16. The summed E-state index contributed by atoms with van der Waals surface area (Å²) in [5, 5.41) is 22.4. The van der Waals surface area contributed by atoms with Crippen LogP contribution in [0.4, 0.5) is 15.8 Å². The van der Waals surface area contributed by atoms with Crippen LogP contribution < -0.4 is 5.32 Å². The van der Waals surface area contributed by atoms with Crippen molar-refractivity contribution in [3.8, 4) is 0 Å². The van der Waals surface area contributed by atoms with Gasteiger partial charge < -0.3 is 10.4 Å². The van der Waals surface area contributed by atoms with E-state index in [0.717, 1.165) is 12.1 Å². The van der Waals surface area contributed by atoms with Gasteiger partial charge in [0.25, 0.3) is 5.69 Å². The Kier molecular flexibility index (Phi) is 4.66. The number of benzene rings is 1. The van der Waals surface area contributed by atoms with E-state index in [2.05, 4.69) is 5.32 Å². The standard InChI is InChI=1S/C11H12FIN2O4/c1-11(2,5-10(16)17)14-8-3-6(12)7(13)4-9(8)15(18)19/h3-4,14H,5H2,1-2H3,(H,16,17). The summed E-state index contributed by atoms with van der Waals surface area (Å²) >= 11 is 1.66. The Bertz CT molecular complexity index is 534. The number of nitrogens with zero attached hydrogens (tertiary/aromatic N) is 1. The lowest BCUT2D eigenvalue weighted by Crippen LogP contribution is -2.34. The lowest BCUT2D eigenvalue weighted by Gasteiger charge is -2.25. The monoisotopic (exact) mass is 382 g/mol. The maximum absolute atomic E-state index is 13.5. The molecule has 0 heterocycles. The van der Waals surface area contributed by atoms with Gasteiger partial charge in [0.05, 0.1) is 14.9 Å². The van der Waals surface area contributed by atoms with Crippen LogP contribution in [0.25, 0.3) is 0 Å². The number of hydrogen-bond donors (Lipinski definition) is 2. The van der Waals surface area contributed by atoms with Crippen molar-refractivity contribution in [3.63, 3.8) is 0 Å². The summed E-state index contributed by atoms with van der Waals surface area (Å²) in [4.78, 5) is 21.0. The quantitative estimate of drug-likeness (QED) is 0.464. The highest BCUT2D eigenvalue weighted by Gasteiger charge is 2.26. The van der Waals surface area contributed by atoms with Crippen molar-refractivity contribution in [3.05, 3.63) is 31.6 Å². The molecule has 2 N–H and O–H groups in total. The molecule has 0 atom stereocenters. The first-order valence-corrected chi connectivity index (χ1v) is 6.34. The zero-order chi connectivity index (χ0) is 14.8. The second-order valence-electron chi connectivity index (χ2n) is 4.62. The second-order valence-corrected chi connectivity index (χ2v) is 5.78. The highest BCUT2D eigenvalue weighted by Crippen LogP contribution is 2.31. The molecule has 104 valence electrons. The molecule has 1 rings (SSSR count). The SMILES string of the molecule is CC(C)(CC(=O)O)Nc1cc(F)c(I)cc1[N+](=O)[O-]. The van der Waals surface area contributed by atoms with Crippen LogP contribution in [0.2, 0.25) is 0 Å². The summed E-state index contributed by atoms with van der Waals surface area (Å²) in [6.45, 7) is 3.14. The van der Waals surface area contributed by atoms with Gasteiger partial charge in [0, 0.05) is 17.7 Å². The number of carbonyl (C=O) groups is 1. The number of anilines is 1. The van der Waals surface area contributed by atoms with Gasteiger partial charge in [0.15, 0.2) is 0 Å². The molecule has 0 bridgehead atoms. The summed E-state index contributed by atoms with van der Waals surface area (Å²) in [6.07, 6.45) is -0.252. The molecule has 8 heteroatoms. The van der Waals surface area contributed by atoms with Crippen LogP contribution in [-0.4, -0.2) is 21.5 Å². The largest absolute Gasteiger partial charge is 0.481 e. The number of carboxylic acids is 1. The van der Waals surface area contributed by atoms with E-state index in [1.165, 1.54) is 0 Å². The highest BCUT2D eigenvalue weighted by molar-refractivity contribution is 14.1. The number of nitro groups is 1. The normalized spacial score (nSPS) is 11.2. The van der Waals surface area contributed by atoms with Gasteiger partial charge >= 0.3 is 5.97 Å². The molecule has 6 nitrogen and oxygen atoms in total. The minimum Gasteiger partial charge on any atom is -0.481 e. The van der Waals surface area contributed by atoms with Crippen molar-refractivity contribution in [2.45, 2.75) is 25.8 Å². The van der Waals surface area contributed by atoms with E-state index in [-0.39, 0.29) is 21.4 Å². The Morgan fingerprint density at radius 2 is 2.16 bits per heavy atom. The molecule has 0 aliphatic carbocycles. The average Bonchev–Trinajstić information content (AvgIpc) is 2.19. The molecule has 0 unspecified atom stereocenters. The number of carboxylic acid groups (broad SMARTS) is 1. The topological polar surface area (TPSA) is 92.5 Å². The van der Waals surface area contributed by atoms with Gasteiger partial charge in [-0.15, -0.1) is 0 Å². The van der Waals surface area contributed by atoms with Gasteiger partial charge in [-0.3, -0.25) is 14.9 Å². The number of nitrogens with one attached hydrogen (secondary N) is 1. The Labute approximate surface area is 122 Å². The fourth-order valence-corrected chi connectivity index (χ4v) is 2.03. The fraction of sp³-hybridized carbons (Fsp3) is 0.364. The average molecular weight is 382 g/mol. The van der Waals surface area contributed by atoms with E-state index in [1.807, 2.05) is 0 Å². The Morgan fingerprint density at radius 1 is 1.58 bits per heavy atom. The first-order valence-electron chi connectivity index (χ1n) is 5.26. The van der Waals surface area contributed by atoms with Crippen LogP contribution in [0.1, 0.15) is 20.3 Å². The highest BCUT2D eigenvalue weighted by atomic mass is 127. The Morgan fingerprint density at radius 3 is 2.63 bits per heavy atom. The number of hydrogen-bond acceptors (Lipinski definition) is 4. The van der Waals surface area contributed by atoms with E-state index < -0.39 is 22.2 Å². The number of rotatable bonds is 5. The van der Waals surface area contributed by atoms with E-state index >= 15 is 0 Å². The molecule has 0 aliphatic rings. The fourth-order valence-electron chi connectivity index (χ4n) is 1.57. The van der Waals surface area contributed by atoms with Gasteiger partial charge in [-0.25, -0.2) is 4.39 Å². The maximum Gasteiger partial charge on any atom is 0.305 e. The Hall–Kier alpha value is -1.45. The van der Waals surface area contributed by atoms with Crippen LogP contribution in [-0.2, 0) is 4.79 Å². The molecule has 0 amide bonds. The van der Waals surface area contributed by atoms with E-state index in [0.29, 0.717) is 0 Å². The first-order chi connectivity index (χ1) is 8.62. The molecule has 0 radical (unpaired) electrons. The molecule has 1 aromatic carbocycles. The predicted molar refractivity (Wildman–Crippen MR) is 75.7 cm³/mol. The van der Waals surface area contributed by atoms with Crippen LogP contribution in [0.3, 0.4) is 0 Å². The summed E-state index contributed by atoms with van der Waals surface area (Å²) in [5.74, 6) is -1.65. The van der Waals surface area contributed by atoms with Gasteiger partial charge in [-0.05, 0) is 36.4 Å². The van der Waals surface area contributed by atoms with Crippen molar-refractivity contribution in [2.24, 2.45) is 0 Å². The molecule has 0 aliphatic heterocycles. The zero-order valence-electron chi connectivity index (χ0n) is 10.2. The maximum atomic E-state index is 13.5. The van der Waals surface area contributed by atoms with Crippen LogP contribution >= 0.6 is 22.6 Å². The number of nitro benzene ring substituents is 1. The minimum absolute atomic E-state index is 0.0332. The molecular weight excluding hydrogens is 370 g/mol. The van der Waals surface area contributed by atoms with E-state index in [1.54, 1.807) is 36.4 Å². The van der Waals surface area contributed by atoms with Gasteiger partial charge in [0.1, 0.15) is 11.5 Å². The van der Waals surface area contributed by atoms with Crippen molar-refractivity contribution >= 4 is 39.9 Å². The zero-order valence-corrected chi connectivity index (χ0v) is 12.4. The van der Waals surface area contributed by atoms with Crippen molar-refractivity contribution in [2.75, 3.05) is 5.32 Å².